The van der Waals surface area contributed by atoms with Crippen molar-refractivity contribution in [2.24, 2.45) is 4.99 Å². The molecule has 2 aromatic rings. The summed E-state index contributed by atoms with van der Waals surface area (Å²) in [6.45, 7) is 5.28. The number of piperidine rings is 1. The molecule has 2 aromatic carbocycles. The molecule has 0 bridgehead atoms. The normalized spacial score (nSPS) is 19.5. The predicted octanol–water partition coefficient (Wildman–Crippen LogP) is 4.32. The minimum absolute atomic E-state index is 0. The Hall–Kier alpha value is -1.71. The Morgan fingerprint density at radius 1 is 1.09 bits per heavy atom. The Kier molecular flexibility index (Phi) is 9.94. The van der Waals surface area contributed by atoms with E-state index in [4.69, 9.17) is 4.74 Å². The lowest BCUT2D eigenvalue weighted by Crippen LogP contribution is -2.52. The summed E-state index contributed by atoms with van der Waals surface area (Å²) in [5.74, 6) is 0.645. The van der Waals surface area contributed by atoms with Gasteiger partial charge in [-0.15, -0.1) is 24.0 Å². The number of hydrogen-bond acceptors (Lipinski definition) is 3. The molecular weight excluding hydrogens is 530 g/mol. The minimum atomic E-state index is -0.182. The van der Waals surface area contributed by atoms with E-state index in [0.717, 1.165) is 56.8 Å². The average Bonchev–Trinajstić information content (AvgIpc) is 2.84. The van der Waals surface area contributed by atoms with Gasteiger partial charge in [-0.05, 0) is 48.9 Å². The van der Waals surface area contributed by atoms with Gasteiger partial charge in [-0.25, -0.2) is 4.39 Å². The summed E-state index contributed by atoms with van der Waals surface area (Å²) in [6.07, 6.45) is 3.93. The summed E-state index contributed by atoms with van der Waals surface area (Å²) in [5.41, 5.74) is 2.27. The number of aliphatic imine (C=N–C) groups is 1. The Balaban J connectivity index is 0.00000306. The van der Waals surface area contributed by atoms with Crippen LogP contribution in [0.3, 0.4) is 0 Å². The first-order valence-corrected chi connectivity index (χ1v) is 11.7. The first kappa shape index (κ1) is 25.9. The summed E-state index contributed by atoms with van der Waals surface area (Å²) in [6, 6.07) is 18.1. The second-order valence-electron chi connectivity index (χ2n) is 9.01. The molecular formula is C26H36FIN4O. The number of likely N-dealkylation sites (tertiary alicyclic amines) is 1. The van der Waals surface area contributed by atoms with Crippen molar-refractivity contribution >= 4 is 29.9 Å². The number of nitrogens with one attached hydrogen (secondary N) is 2. The van der Waals surface area contributed by atoms with Crippen LogP contribution in [0.25, 0.3) is 0 Å². The fourth-order valence-electron chi connectivity index (χ4n) is 4.87. The fraction of sp³-hybridized carbons (Fsp3) is 0.500. The Bertz CT molecular complexity index is 881. The smallest absolute Gasteiger partial charge is 0.191 e. The van der Waals surface area contributed by atoms with Crippen molar-refractivity contribution in [1.29, 1.82) is 0 Å². The lowest BCUT2D eigenvalue weighted by molar-refractivity contribution is 0.0512. The zero-order chi connectivity index (χ0) is 22.2. The van der Waals surface area contributed by atoms with Crippen LogP contribution >= 0.6 is 24.0 Å². The molecule has 7 heteroatoms. The standard InChI is InChI=1S/C26H35FN4O.HI/c1-28-25(30-24-10-14-31(15-11-24)19-21-6-3-2-4-7-21)29-20-26(12-16-32-17-13-26)22-8-5-9-23(27)18-22;/h2-9,18,24H,10-17,19-20H2,1H3,(H2,28,29,30);1H. The molecule has 0 atom stereocenters. The highest BCUT2D eigenvalue weighted by Gasteiger charge is 2.35. The number of guanidine groups is 1. The Morgan fingerprint density at radius 2 is 1.82 bits per heavy atom. The molecule has 2 aliphatic rings. The van der Waals surface area contributed by atoms with Gasteiger partial charge < -0.3 is 15.4 Å². The highest BCUT2D eigenvalue weighted by atomic mass is 127. The van der Waals surface area contributed by atoms with Gasteiger partial charge in [-0.1, -0.05) is 42.5 Å². The maximum Gasteiger partial charge on any atom is 0.191 e. The Morgan fingerprint density at radius 3 is 2.48 bits per heavy atom. The van der Waals surface area contributed by atoms with E-state index in [1.165, 1.54) is 11.6 Å². The second kappa shape index (κ2) is 12.7. The summed E-state index contributed by atoms with van der Waals surface area (Å²) in [5, 5.41) is 7.16. The van der Waals surface area contributed by atoms with Gasteiger partial charge >= 0.3 is 0 Å². The van der Waals surface area contributed by atoms with Crippen molar-refractivity contribution in [1.82, 2.24) is 15.5 Å². The van der Waals surface area contributed by atoms with E-state index in [0.29, 0.717) is 25.8 Å². The molecule has 2 fully saturated rings. The van der Waals surface area contributed by atoms with E-state index in [-0.39, 0.29) is 35.2 Å². The van der Waals surface area contributed by atoms with Gasteiger partial charge in [-0.2, -0.15) is 0 Å². The third kappa shape index (κ3) is 7.13. The van der Waals surface area contributed by atoms with Crippen molar-refractivity contribution in [3.8, 4) is 0 Å². The second-order valence-corrected chi connectivity index (χ2v) is 9.01. The highest BCUT2D eigenvalue weighted by Crippen LogP contribution is 2.34. The van der Waals surface area contributed by atoms with E-state index in [1.807, 2.05) is 13.1 Å². The molecule has 0 unspecified atom stereocenters. The molecule has 4 rings (SSSR count). The first-order valence-electron chi connectivity index (χ1n) is 11.7. The predicted molar refractivity (Wildman–Crippen MR) is 143 cm³/mol. The van der Waals surface area contributed by atoms with E-state index in [2.05, 4.69) is 50.9 Å². The van der Waals surface area contributed by atoms with E-state index in [1.54, 1.807) is 12.1 Å². The molecule has 2 heterocycles. The van der Waals surface area contributed by atoms with Crippen molar-refractivity contribution in [2.75, 3.05) is 39.9 Å². The monoisotopic (exact) mass is 566 g/mol. The van der Waals surface area contributed by atoms with Gasteiger partial charge in [-0.3, -0.25) is 9.89 Å². The molecule has 0 radical (unpaired) electrons. The van der Waals surface area contributed by atoms with Crippen LogP contribution in [0.2, 0.25) is 0 Å². The highest BCUT2D eigenvalue weighted by molar-refractivity contribution is 14.0. The molecule has 2 aliphatic heterocycles. The van der Waals surface area contributed by atoms with Crippen molar-refractivity contribution in [3.05, 3.63) is 71.5 Å². The van der Waals surface area contributed by atoms with Crippen LogP contribution < -0.4 is 10.6 Å². The van der Waals surface area contributed by atoms with E-state index >= 15 is 0 Å². The maximum absolute atomic E-state index is 13.9. The molecule has 0 saturated carbocycles. The molecule has 0 amide bonds. The molecule has 0 aromatic heterocycles. The van der Waals surface area contributed by atoms with E-state index < -0.39 is 0 Å². The van der Waals surface area contributed by atoms with Gasteiger partial charge in [0.15, 0.2) is 5.96 Å². The molecule has 33 heavy (non-hydrogen) atoms. The number of halogens is 2. The zero-order valence-corrected chi connectivity index (χ0v) is 21.8. The van der Waals surface area contributed by atoms with E-state index in [9.17, 15) is 4.39 Å². The number of rotatable bonds is 6. The van der Waals surface area contributed by atoms with Crippen LogP contribution in [0, 0.1) is 5.82 Å². The van der Waals surface area contributed by atoms with Gasteiger partial charge in [0.05, 0.1) is 0 Å². The largest absolute Gasteiger partial charge is 0.381 e. The lowest BCUT2D eigenvalue weighted by atomic mass is 9.74. The van der Waals surface area contributed by atoms with Gasteiger partial charge in [0.1, 0.15) is 5.82 Å². The van der Waals surface area contributed by atoms with Crippen molar-refractivity contribution < 1.29 is 9.13 Å². The lowest BCUT2D eigenvalue weighted by Gasteiger charge is -2.39. The molecule has 2 N–H and O–H groups in total. The minimum Gasteiger partial charge on any atom is -0.381 e. The van der Waals surface area contributed by atoms with Crippen molar-refractivity contribution in [2.45, 2.75) is 43.7 Å². The average molecular weight is 567 g/mol. The van der Waals surface area contributed by atoms with Crippen LogP contribution in [0.15, 0.2) is 59.6 Å². The molecule has 0 aliphatic carbocycles. The maximum atomic E-state index is 13.9. The summed E-state index contributed by atoms with van der Waals surface area (Å²) < 4.78 is 19.6. The fourth-order valence-corrected chi connectivity index (χ4v) is 4.87. The van der Waals surface area contributed by atoms with Crippen LogP contribution in [0.1, 0.15) is 36.8 Å². The molecule has 2 saturated heterocycles. The SMILES string of the molecule is CN=C(NCC1(c2cccc(F)c2)CCOCC1)NC1CCN(Cc2ccccc2)CC1.I. The van der Waals surface area contributed by atoms with Crippen LogP contribution in [0.5, 0.6) is 0 Å². The number of benzene rings is 2. The van der Waals surface area contributed by atoms with Crippen LogP contribution in [-0.2, 0) is 16.7 Å². The molecule has 180 valence electrons. The van der Waals surface area contributed by atoms with Crippen LogP contribution in [-0.4, -0.2) is 56.8 Å². The number of nitrogens with zero attached hydrogens (tertiary/aromatic N) is 2. The zero-order valence-electron chi connectivity index (χ0n) is 19.4. The Labute approximate surface area is 214 Å². The molecule has 0 spiro atoms. The topological polar surface area (TPSA) is 48.9 Å². The van der Waals surface area contributed by atoms with Gasteiger partial charge in [0.25, 0.3) is 0 Å². The van der Waals surface area contributed by atoms with Crippen LogP contribution in [0.4, 0.5) is 4.39 Å². The summed E-state index contributed by atoms with van der Waals surface area (Å²) in [4.78, 5) is 6.99. The number of ether oxygens (including phenoxy) is 1. The quantitative estimate of drug-likeness (QED) is 0.311. The summed E-state index contributed by atoms with van der Waals surface area (Å²) in [7, 11) is 1.82. The van der Waals surface area contributed by atoms with Gasteiger partial charge in [0.2, 0.25) is 0 Å². The number of hydrogen-bond donors (Lipinski definition) is 2. The molecule has 5 nitrogen and oxygen atoms in total. The third-order valence-electron chi connectivity index (χ3n) is 6.88. The van der Waals surface area contributed by atoms with Crippen molar-refractivity contribution in [3.63, 3.8) is 0 Å². The first-order chi connectivity index (χ1) is 15.7. The third-order valence-corrected chi connectivity index (χ3v) is 6.88. The summed E-state index contributed by atoms with van der Waals surface area (Å²) >= 11 is 0. The van der Waals surface area contributed by atoms with Gasteiger partial charge in [0, 0.05) is 57.9 Å².